The number of nitrogens with one attached hydrogen (secondary N) is 1. The minimum absolute atomic E-state index is 0.160. The predicted octanol–water partition coefficient (Wildman–Crippen LogP) is 4.36. The SMILES string of the molecule is CC(C)CCOC(C)C(=O)Oc1ccc(NC(=O)c2cccs2)cc1. The van der Waals surface area contributed by atoms with Crippen LogP contribution in [0.1, 0.15) is 36.9 Å². The third kappa shape index (κ3) is 6.32. The second kappa shape index (κ2) is 9.34. The Kier molecular flexibility index (Phi) is 7.16. The van der Waals surface area contributed by atoms with Gasteiger partial charge in [-0.2, -0.15) is 0 Å². The number of esters is 1. The Bertz CT molecular complexity index is 680. The first-order valence-electron chi connectivity index (χ1n) is 8.24. The van der Waals surface area contributed by atoms with E-state index in [1.807, 2.05) is 11.4 Å². The molecule has 0 fully saturated rings. The quantitative estimate of drug-likeness (QED) is 0.560. The maximum atomic E-state index is 12.0. The fourth-order valence-electron chi connectivity index (χ4n) is 1.95. The van der Waals surface area contributed by atoms with Crippen molar-refractivity contribution in [2.75, 3.05) is 11.9 Å². The van der Waals surface area contributed by atoms with Gasteiger partial charge in [0.15, 0.2) is 6.10 Å². The zero-order chi connectivity index (χ0) is 18.2. The summed E-state index contributed by atoms with van der Waals surface area (Å²) >= 11 is 1.38. The summed E-state index contributed by atoms with van der Waals surface area (Å²) in [7, 11) is 0. The second-order valence-electron chi connectivity index (χ2n) is 6.07. The van der Waals surface area contributed by atoms with E-state index in [4.69, 9.17) is 9.47 Å². The fourth-order valence-corrected chi connectivity index (χ4v) is 2.57. The van der Waals surface area contributed by atoms with Gasteiger partial charge < -0.3 is 14.8 Å². The van der Waals surface area contributed by atoms with Crippen LogP contribution in [0.4, 0.5) is 5.69 Å². The van der Waals surface area contributed by atoms with E-state index < -0.39 is 12.1 Å². The average molecular weight is 361 g/mol. The first-order chi connectivity index (χ1) is 12.0. The molecule has 25 heavy (non-hydrogen) atoms. The van der Waals surface area contributed by atoms with Gasteiger partial charge >= 0.3 is 5.97 Å². The zero-order valence-corrected chi connectivity index (χ0v) is 15.5. The highest BCUT2D eigenvalue weighted by molar-refractivity contribution is 7.12. The van der Waals surface area contributed by atoms with Crippen LogP contribution in [0.15, 0.2) is 41.8 Å². The summed E-state index contributed by atoms with van der Waals surface area (Å²) in [6, 6.07) is 10.3. The van der Waals surface area contributed by atoms with E-state index >= 15 is 0 Å². The van der Waals surface area contributed by atoms with Crippen molar-refractivity contribution in [1.29, 1.82) is 0 Å². The molecule has 0 aliphatic carbocycles. The Morgan fingerprint density at radius 3 is 2.44 bits per heavy atom. The molecule has 1 N–H and O–H groups in total. The molecule has 134 valence electrons. The molecule has 0 spiro atoms. The number of benzene rings is 1. The second-order valence-corrected chi connectivity index (χ2v) is 7.02. The third-order valence-electron chi connectivity index (χ3n) is 3.47. The number of carbonyl (C=O) groups is 2. The average Bonchev–Trinajstić information content (AvgIpc) is 3.10. The van der Waals surface area contributed by atoms with Crippen LogP contribution < -0.4 is 10.1 Å². The summed E-state index contributed by atoms with van der Waals surface area (Å²) in [5, 5.41) is 4.64. The van der Waals surface area contributed by atoms with Gasteiger partial charge in [0.25, 0.3) is 5.91 Å². The van der Waals surface area contributed by atoms with Gasteiger partial charge in [0.1, 0.15) is 5.75 Å². The van der Waals surface area contributed by atoms with Gasteiger partial charge in [0.2, 0.25) is 0 Å². The standard InChI is InChI=1S/C19H23NO4S/c1-13(2)10-11-23-14(3)19(22)24-16-8-6-15(7-9-16)20-18(21)17-5-4-12-25-17/h4-9,12-14H,10-11H2,1-3H3,(H,20,21). The first-order valence-corrected chi connectivity index (χ1v) is 9.12. The molecule has 2 rings (SSSR count). The lowest BCUT2D eigenvalue weighted by molar-refractivity contribution is -0.146. The van der Waals surface area contributed by atoms with E-state index in [1.165, 1.54) is 11.3 Å². The van der Waals surface area contributed by atoms with Crippen molar-refractivity contribution in [2.24, 2.45) is 5.92 Å². The van der Waals surface area contributed by atoms with Crippen molar-refractivity contribution in [2.45, 2.75) is 33.3 Å². The summed E-state index contributed by atoms with van der Waals surface area (Å²) in [4.78, 5) is 24.6. The molecule has 2 aromatic rings. The highest BCUT2D eigenvalue weighted by Gasteiger charge is 2.16. The Hall–Kier alpha value is -2.18. The lowest BCUT2D eigenvalue weighted by Crippen LogP contribution is -2.26. The summed E-state index contributed by atoms with van der Waals surface area (Å²) < 4.78 is 10.8. The van der Waals surface area contributed by atoms with Gasteiger partial charge in [0, 0.05) is 12.3 Å². The highest BCUT2D eigenvalue weighted by Crippen LogP contribution is 2.18. The molecule has 0 aliphatic rings. The Morgan fingerprint density at radius 2 is 1.84 bits per heavy atom. The highest BCUT2D eigenvalue weighted by atomic mass is 32.1. The van der Waals surface area contributed by atoms with Crippen molar-refractivity contribution in [3.05, 3.63) is 46.7 Å². The molecule has 0 bridgehead atoms. The molecule has 1 amide bonds. The zero-order valence-electron chi connectivity index (χ0n) is 14.7. The van der Waals surface area contributed by atoms with E-state index in [2.05, 4.69) is 19.2 Å². The van der Waals surface area contributed by atoms with Crippen molar-refractivity contribution < 1.29 is 19.1 Å². The van der Waals surface area contributed by atoms with Crippen LogP contribution >= 0.6 is 11.3 Å². The lowest BCUT2D eigenvalue weighted by atomic mass is 10.1. The smallest absolute Gasteiger partial charge is 0.340 e. The maximum Gasteiger partial charge on any atom is 0.340 e. The van der Waals surface area contributed by atoms with E-state index in [-0.39, 0.29) is 5.91 Å². The van der Waals surface area contributed by atoms with E-state index in [0.717, 1.165) is 6.42 Å². The van der Waals surface area contributed by atoms with Crippen LogP contribution in [0.5, 0.6) is 5.75 Å². The lowest BCUT2D eigenvalue weighted by Gasteiger charge is -2.13. The summed E-state index contributed by atoms with van der Waals surface area (Å²) in [5.74, 6) is 0.352. The Labute approximate surface area is 152 Å². The predicted molar refractivity (Wildman–Crippen MR) is 99.2 cm³/mol. The number of carbonyl (C=O) groups excluding carboxylic acids is 2. The van der Waals surface area contributed by atoms with Gasteiger partial charge in [-0.05, 0) is 55.0 Å². The molecular weight excluding hydrogens is 338 g/mol. The van der Waals surface area contributed by atoms with Gasteiger partial charge in [-0.15, -0.1) is 11.3 Å². The molecule has 0 saturated heterocycles. The van der Waals surface area contributed by atoms with Crippen molar-refractivity contribution in [3.63, 3.8) is 0 Å². The van der Waals surface area contributed by atoms with Crippen molar-refractivity contribution in [3.8, 4) is 5.75 Å². The number of hydrogen-bond donors (Lipinski definition) is 1. The van der Waals surface area contributed by atoms with Crippen molar-refractivity contribution in [1.82, 2.24) is 0 Å². The Balaban J connectivity index is 1.83. The van der Waals surface area contributed by atoms with Gasteiger partial charge in [-0.1, -0.05) is 19.9 Å². The third-order valence-corrected chi connectivity index (χ3v) is 4.34. The number of amides is 1. The largest absolute Gasteiger partial charge is 0.425 e. The monoisotopic (exact) mass is 361 g/mol. The van der Waals surface area contributed by atoms with Crippen LogP contribution in [0.3, 0.4) is 0 Å². The minimum atomic E-state index is -0.614. The summed E-state index contributed by atoms with van der Waals surface area (Å²) in [6.45, 7) is 6.41. The number of rotatable bonds is 8. The molecule has 1 atom stereocenters. The molecule has 6 heteroatoms. The van der Waals surface area contributed by atoms with Crippen molar-refractivity contribution >= 4 is 28.9 Å². The number of ether oxygens (including phenoxy) is 2. The first kappa shape index (κ1) is 19.1. The van der Waals surface area contributed by atoms with E-state index in [9.17, 15) is 9.59 Å². The molecule has 1 heterocycles. The summed E-state index contributed by atoms with van der Waals surface area (Å²) in [6.07, 6.45) is 0.285. The van der Waals surface area contributed by atoms with Crippen LogP contribution in [0, 0.1) is 5.92 Å². The molecule has 1 aromatic heterocycles. The van der Waals surface area contributed by atoms with Crippen LogP contribution in [-0.2, 0) is 9.53 Å². The van der Waals surface area contributed by atoms with Crippen LogP contribution in [0.25, 0.3) is 0 Å². The van der Waals surface area contributed by atoms with Gasteiger partial charge in [0.05, 0.1) is 4.88 Å². The maximum absolute atomic E-state index is 12.0. The molecule has 0 saturated carbocycles. The molecular formula is C19H23NO4S. The molecule has 1 aromatic carbocycles. The topological polar surface area (TPSA) is 64.6 Å². The summed E-state index contributed by atoms with van der Waals surface area (Å²) in [5.41, 5.74) is 0.638. The molecule has 0 radical (unpaired) electrons. The number of hydrogen-bond acceptors (Lipinski definition) is 5. The number of thiophene rings is 1. The fraction of sp³-hybridized carbons (Fsp3) is 0.368. The van der Waals surface area contributed by atoms with Crippen LogP contribution in [-0.4, -0.2) is 24.6 Å². The molecule has 5 nitrogen and oxygen atoms in total. The number of anilines is 1. The minimum Gasteiger partial charge on any atom is -0.425 e. The van der Waals surface area contributed by atoms with E-state index in [1.54, 1.807) is 37.3 Å². The van der Waals surface area contributed by atoms with Crippen LogP contribution in [0.2, 0.25) is 0 Å². The van der Waals surface area contributed by atoms with Gasteiger partial charge in [-0.25, -0.2) is 4.79 Å². The Morgan fingerprint density at radius 1 is 1.12 bits per heavy atom. The van der Waals surface area contributed by atoms with Gasteiger partial charge in [-0.3, -0.25) is 4.79 Å². The molecule has 1 unspecified atom stereocenters. The molecule has 0 aliphatic heterocycles. The van der Waals surface area contributed by atoms with E-state index in [0.29, 0.717) is 28.8 Å². The normalized spacial score (nSPS) is 12.0.